The fraction of sp³-hybridized carbons (Fsp3) is 0.364. The molecular weight excluding hydrogens is 254 g/mol. The fourth-order valence-corrected chi connectivity index (χ4v) is 2.24. The highest BCUT2D eigenvalue weighted by Gasteiger charge is 2.12. The van der Waals surface area contributed by atoms with Crippen LogP contribution in [0.1, 0.15) is 11.1 Å². The molecule has 18 heavy (non-hydrogen) atoms. The van der Waals surface area contributed by atoms with Gasteiger partial charge in [0.1, 0.15) is 6.07 Å². The first kappa shape index (κ1) is 14.4. The molecule has 0 fully saturated rings. The van der Waals surface area contributed by atoms with E-state index in [0.717, 1.165) is 5.56 Å². The normalized spacial score (nSPS) is 10.9. The summed E-state index contributed by atoms with van der Waals surface area (Å²) in [7, 11) is -2.21. The van der Waals surface area contributed by atoms with E-state index >= 15 is 0 Å². The average Bonchev–Trinajstić information content (AvgIpc) is 2.29. The molecule has 2 N–H and O–H groups in total. The molecule has 0 saturated heterocycles. The van der Waals surface area contributed by atoms with E-state index in [0.29, 0.717) is 5.56 Å². The van der Waals surface area contributed by atoms with Gasteiger partial charge in [-0.15, -0.1) is 0 Å². The Morgan fingerprint density at radius 1 is 1.44 bits per heavy atom. The van der Waals surface area contributed by atoms with E-state index in [1.807, 2.05) is 6.07 Å². The average molecular weight is 269 g/mol. The van der Waals surface area contributed by atoms with Gasteiger partial charge in [0, 0.05) is 13.7 Å². The number of aryl methyl sites for hydroxylation is 1. The molecule has 6 nitrogen and oxygen atoms in total. The Bertz CT molecular complexity index is 549. The molecule has 1 aromatic carbocycles. The van der Waals surface area contributed by atoms with E-state index in [2.05, 4.69) is 9.44 Å². The number of rotatable bonds is 6. The summed E-state index contributed by atoms with van der Waals surface area (Å²) in [4.78, 5) is 0. The standard InChI is InChI=1S/C11H15N3O3S/c1-9-4-3-5-11(10(9)8-12)14-18(15,16)13-6-7-17-2/h3-5,13-14H,6-7H2,1-2H3. The molecule has 0 amide bonds. The first-order valence-electron chi connectivity index (χ1n) is 5.26. The van der Waals surface area contributed by atoms with Gasteiger partial charge in [0.2, 0.25) is 0 Å². The minimum Gasteiger partial charge on any atom is -0.383 e. The second-order valence-electron chi connectivity index (χ2n) is 3.60. The Hall–Kier alpha value is -1.62. The summed E-state index contributed by atoms with van der Waals surface area (Å²) in [6, 6.07) is 6.95. The Morgan fingerprint density at radius 2 is 2.17 bits per heavy atom. The largest absolute Gasteiger partial charge is 0.383 e. The van der Waals surface area contributed by atoms with Crippen molar-refractivity contribution in [2.24, 2.45) is 0 Å². The van der Waals surface area contributed by atoms with Crippen molar-refractivity contribution in [3.8, 4) is 6.07 Å². The maximum atomic E-state index is 11.7. The number of hydrogen-bond acceptors (Lipinski definition) is 4. The zero-order valence-corrected chi connectivity index (χ0v) is 11.0. The van der Waals surface area contributed by atoms with Gasteiger partial charge in [-0.05, 0) is 18.6 Å². The topological polar surface area (TPSA) is 91.2 Å². The molecule has 0 saturated carbocycles. The van der Waals surface area contributed by atoms with Crippen molar-refractivity contribution in [2.75, 3.05) is 25.0 Å². The number of benzene rings is 1. The van der Waals surface area contributed by atoms with Crippen molar-refractivity contribution in [3.63, 3.8) is 0 Å². The molecule has 0 aliphatic carbocycles. The lowest BCUT2D eigenvalue weighted by Crippen LogP contribution is -2.32. The van der Waals surface area contributed by atoms with Crippen LogP contribution >= 0.6 is 0 Å². The number of anilines is 1. The van der Waals surface area contributed by atoms with Crippen LogP contribution in [-0.2, 0) is 14.9 Å². The number of methoxy groups -OCH3 is 1. The maximum absolute atomic E-state index is 11.7. The first-order valence-corrected chi connectivity index (χ1v) is 6.74. The second-order valence-corrected chi connectivity index (χ2v) is 5.10. The van der Waals surface area contributed by atoms with E-state index in [1.165, 1.54) is 7.11 Å². The third-order valence-electron chi connectivity index (χ3n) is 2.23. The molecule has 0 atom stereocenters. The van der Waals surface area contributed by atoms with Crippen LogP contribution in [0.2, 0.25) is 0 Å². The lowest BCUT2D eigenvalue weighted by molar-refractivity contribution is 0.204. The number of nitrogens with one attached hydrogen (secondary N) is 2. The second kappa shape index (κ2) is 6.35. The van der Waals surface area contributed by atoms with Crippen LogP contribution in [0.25, 0.3) is 0 Å². The lowest BCUT2D eigenvalue weighted by Gasteiger charge is -2.11. The minimum atomic E-state index is -3.69. The predicted molar refractivity (Wildman–Crippen MR) is 68.3 cm³/mol. The summed E-state index contributed by atoms with van der Waals surface area (Å²) in [6.45, 7) is 2.19. The van der Waals surface area contributed by atoms with Crippen molar-refractivity contribution in [1.29, 1.82) is 5.26 Å². The Kier molecular flexibility index (Phi) is 5.09. The Morgan fingerprint density at radius 3 is 2.78 bits per heavy atom. The molecule has 1 rings (SSSR count). The monoisotopic (exact) mass is 269 g/mol. The van der Waals surface area contributed by atoms with Gasteiger partial charge in [-0.25, -0.2) is 0 Å². The van der Waals surface area contributed by atoms with Gasteiger partial charge in [-0.2, -0.15) is 18.4 Å². The van der Waals surface area contributed by atoms with Gasteiger partial charge in [-0.3, -0.25) is 4.72 Å². The van der Waals surface area contributed by atoms with Crippen LogP contribution in [0, 0.1) is 18.3 Å². The van der Waals surface area contributed by atoms with E-state index in [1.54, 1.807) is 25.1 Å². The highest BCUT2D eigenvalue weighted by molar-refractivity contribution is 7.90. The molecule has 0 spiro atoms. The van der Waals surface area contributed by atoms with Crippen LogP contribution in [0.4, 0.5) is 5.69 Å². The van der Waals surface area contributed by atoms with Crippen molar-refractivity contribution >= 4 is 15.9 Å². The van der Waals surface area contributed by atoms with Gasteiger partial charge in [0.15, 0.2) is 0 Å². The third-order valence-corrected chi connectivity index (χ3v) is 3.30. The quantitative estimate of drug-likeness (QED) is 0.746. The van der Waals surface area contributed by atoms with Gasteiger partial charge >= 0.3 is 0 Å². The molecule has 0 unspecified atom stereocenters. The fourth-order valence-electron chi connectivity index (χ4n) is 1.36. The summed E-state index contributed by atoms with van der Waals surface area (Å²) >= 11 is 0. The number of nitriles is 1. The first-order chi connectivity index (χ1) is 8.50. The van der Waals surface area contributed by atoms with Crippen LogP contribution in [0.5, 0.6) is 0 Å². The van der Waals surface area contributed by atoms with Crippen molar-refractivity contribution < 1.29 is 13.2 Å². The van der Waals surface area contributed by atoms with Crippen molar-refractivity contribution in [2.45, 2.75) is 6.92 Å². The van der Waals surface area contributed by atoms with Crippen LogP contribution in [0.3, 0.4) is 0 Å². The van der Waals surface area contributed by atoms with E-state index in [-0.39, 0.29) is 18.8 Å². The van der Waals surface area contributed by atoms with Gasteiger partial charge in [0.05, 0.1) is 17.9 Å². The van der Waals surface area contributed by atoms with Crippen LogP contribution in [0.15, 0.2) is 18.2 Å². The maximum Gasteiger partial charge on any atom is 0.299 e. The zero-order chi connectivity index (χ0) is 13.6. The molecule has 0 radical (unpaired) electrons. The molecule has 98 valence electrons. The summed E-state index contributed by atoms with van der Waals surface area (Å²) in [6.07, 6.45) is 0. The highest BCUT2D eigenvalue weighted by Crippen LogP contribution is 2.18. The molecule has 0 heterocycles. The van der Waals surface area contributed by atoms with Crippen molar-refractivity contribution in [1.82, 2.24) is 4.72 Å². The van der Waals surface area contributed by atoms with Gasteiger partial charge in [-0.1, -0.05) is 12.1 Å². The molecule has 0 aliphatic rings. The smallest absolute Gasteiger partial charge is 0.299 e. The number of ether oxygens (including phenoxy) is 1. The molecule has 0 aromatic heterocycles. The molecule has 0 aliphatic heterocycles. The number of nitrogens with zero attached hydrogens (tertiary/aromatic N) is 1. The molecule has 7 heteroatoms. The number of hydrogen-bond donors (Lipinski definition) is 2. The van der Waals surface area contributed by atoms with E-state index < -0.39 is 10.2 Å². The zero-order valence-electron chi connectivity index (χ0n) is 10.2. The van der Waals surface area contributed by atoms with E-state index in [4.69, 9.17) is 10.00 Å². The van der Waals surface area contributed by atoms with Crippen molar-refractivity contribution in [3.05, 3.63) is 29.3 Å². The third kappa shape index (κ3) is 4.00. The summed E-state index contributed by atoms with van der Waals surface area (Å²) < 4.78 is 32.7. The van der Waals surface area contributed by atoms with Gasteiger partial charge < -0.3 is 4.74 Å². The van der Waals surface area contributed by atoms with Gasteiger partial charge in [0.25, 0.3) is 10.2 Å². The summed E-state index contributed by atoms with van der Waals surface area (Å²) in [5.41, 5.74) is 1.30. The summed E-state index contributed by atoms with van der Waals surface area (Å²) in [5, 5.41) is 8.99. The predicted octanol–water partition coefficient (Wildman–Crippen LogP) is 0.759. The highest BCUT2D eigenvalue weighted by atomic mass is 32.2. The van der Waals surface area contributed by atoms with Crippen LogP contribution < -0.4 is 9.44 Å². The summed E-state index contributed by atoms with van der Waals surface area (Å²) in [5.74, 6) is 0. The molecular formula is C11H15N3O3S. The lowest BCUT2D eigenvalue weighted by atomic mass is 10.1. The van der Waals surface area contributed by atoms with E-state index in [9.17, 15) is 8.42 Å². The minimum absolute atomic E-state index is 0.166. The Balaban J connectivity index is 2.85. The molecule has 1 aromatic rings. The SMILES string of the molecule is COCCNS(=O)(=O)Nc1cccc(C)c1C#N. The Labute approximate surface area is 107 Å². The molecule has 0 bridgehead atoms. The van der Waals surface area contributed by atoms with Crippen LogP contribution in [-0.4, -0.2) is 28.7 Å².